The molecule has 0 radical (unpaired) electrons. The molecule has 3 heterocycles. The van der Waals surface area contributed by atoms with E-state index in [1.54, 1.807) is 30.3 Å². The van der Waals surface area contributed by atoms with Gasteiger partial charge < -0.3 is 15.2 Å². The fourth-order valence-corrected chi connectivity index (χ4v) is 3.65. The van der Waals surface area contributed by atoms with Crippen molar-refractivity contribution in [2.24, 2.45) is 0 Å². The van der Waals surface area contributed by atoms with E-state index in [-0.39, 0.29) is 24.2 Å². The van der Waals surface area contributed by atoms with Gasteiger partial charge in [-0.3, -0.25) is 14.5 Å². The summed E-state index contributed by atoms with van der Waals surface area (Å²) in [5, 5.41) is 4.01. The van der Waals surface area contributed by atoms with E-state index >= 15 is 0 Å². The number of carbonyl (C=O) groups excluding carboxylic acids is 2. The molecule has 2 amide bonds. The highest BCUT2D eigenvalue weighted by Gasteiger charge is 2.17. The molecular weight excluding hydrogens is 414 g/mol. The number of hydrogen-bond donors (Lipinski definition) is 2. The number of rotatable bonds is 5. The minimum atomic E-state index is -0.0703. The highest BCUT2D eigenvalue weighted by molar-refractivity contribution is 5.93. The third-order valence-electron chi connectivity index (χ3n) is 5.29. The molecule has 1 aliphatic rings. The summed E-state index contributed by atoms with van der Waals surface area (Å²) < 4.78 is 0. The lowest BCUT2D eigenvalue weighted by Crippen LogP contribution is -2.27. The lowest BCUT2D eigenvalue weighted by atomic mass is 10.1. The van der Waals surface area contributed by atoms with Crippen molar-refractivity contribution in [1.82, 2.24) is 19.8 Å². The number of benzene rings is 1. The van der Waals surface area contributed by atoms with E-state index < -0.39 is 0 Å². The second-order valence-electron chi connectivity index (χ2n) is 7.70. The number of aromatic nitrogens is 2. The molecule has 4 rings (SSSR count). The third-order valence-corrected chi connectivity index (χ3v) is 5.29. The van der Waals surface area contributed by atoms with Gasteiger partial charge in [-0.2, -0.15) is 0 Å². The molecular formula is C23H26ClN5O2. The molecule has 8 heteroatoms. The molecule has 31 heavy (non-hydrogen) atoms. The van der Waals surface area contributed by atoms with Crippen molar-refractivity contribution in [3.8, 4) is 0 Å². The first kappa shape index (κ1) is 22.5. The molecule has 0 bridgehead atoms. The maximum absolute atomic E-state index is 12.5. The van der Waals surface area contributed by atoms with Crippen LogP contribution in [0.2, 0.25) is 0 Å². The fraction of sp³-hybridized carbons (Fsp3) is 0.261. The number of pyridine rings is 1. The van der Waals surface area contributed by atoms with Crippen LogP contribution in [0, 0.1) is 0 Å². The lowest BCUT2D eigenvalue weighted by Gasteiger charge is -2.15. The van der Waals surface area contributed by atoms with Gasteiger partial charge in [0.25, 0.3) is 0 Å². The number of halogens is 1. The predicted molar refractivity (Wildman–Crippen MR) is 125 cm³/mol. The Hall–Kier alpha value is -3.16. The van der Waals surface area contributed by atoms with Crippen molar-refractivity contribution in [3.63, 3.8) is 0 Å². The number of anilines is 1. The molecule has 0 fully saturated rings. The van der Waals surface area contributed by atoms with Gasteiger partial charge in [0, 0.05) is 55.1 Å². The van der Waals surface area contributed by atoms with E-state index in [1.807, 2.05) is 42.4 Å². The van der Waals surface area contributed by atoms with Gasteiger partial charge >= 0.3 is 0 Å². The first-order chi connectivity index (χ1) is 14.5. The van der Waals surface area contributed by atoms with Crippen LogP contribution in [0.3, 0.4) is 0 Å². The van der Waals surface area contributed by atoms with Crippen molar-refractivity contribution in [1.29, 1.82) is 0 Å². The first-order valence-corrected chi connectivity index (χ1v) is 9.95. The zero-order valence-corrected chi connectivity index (χ0v) is 18.4. The van der Waals surface area contributed by atoms with Crippen LogP contribution in [0.4, 0.5) is 5.82 Å². The molecule has 0 atom stereocenters. The average molecular weight is 440 g/mol. The van der Waals surface area contributed by atoms with Crippen molar-refractivity contribution in [3.05, 3.63) is 65.5 Å². The van der Waals surface area contributed by atoms with Gasteiger partial charge in [0.05, 0.1) is 6.54 Å². The zero-order valence-electron chi connectivity index (χ0n) is 17.6. The van der Waals surface area contributed by atoms with Crippen LogP contribution in [0.1, 0.15) is 16.7 Å². The summed E-state index contributed by atoms with van der Waals surface area (Å²) in [5.41, 5.74) is 4.08. The Labute approximate surface area is 187 Å². The Morgan fingerprint density at radius 3 is 2.94 bits per heavy atom. The molecule has 1 aromatic carbocycles. The molecule has 2 N–H and O–H groups in total. The van der Waals surface area contributed by atoms with Crippen LogP contribution in [-0.4, -0.2) is 58.8 Å². The molecule has 162 valence electrons. The van der Waals surface area contributed by atoms with E-state index in [0.717, 1.165) is 23.1 Å². The predicted octanol–water partition coefficient (Wildman–Crippen LogP) is 3.08. The van der Waals surface area contributed by atoms with Crippen LogP contribution in [0.5, 0.6) is 0 Å². The first-order valence-electron chi connectivity index (χ1n) is 9.95. The maximum Gasteiger partial charge on any atom is 0.246 e. The number of aromatic amines is 1. The highest BCUT2D eigenvalue weighted by Crippen LogP contribution is 2.20. The number of fused-ring (bicyclic) bond motifs is 2. The summed E-state index contributed by atoms with van der Waals surface area (Å²) in [6.07, 6.45) is 7.80. The summed E-state index contributed by atoms with van der Waals surface area (Å²) in [6.45, 7) is 1.59. The van der Waals surface area contributed by atoms with E-state index in [4.69, 9.17) is 0 Å². The molecule has 0 unspecified atom stereocenters. The molecule has 0 aliphatic carbocycles. The molecule has 1 aliphatic heterocycles. The topological polar surface area (TPSA) is 81.3 Å². The average Bonchev–Trinajstić information content (AvgIpc) is 3.08. The Kier molecular flexibility index (Phi) is 7.09. The van der Waals surface area contributed by atoms with Crippen LogP contribution in [0.25, 0.3) is 17.0 Å². The van der Waals surface area contributed by atoms with Gasteiger partial charge in [0.15, 0.2) is 0 Å². The van der Waals surface area contributed by atoms with E-state index in [0.29, 0.717) is 25.5 Å². The smallest absolute Gasteiger partial charge is 0.246 e. The minimum absolute atomic E-state index is 0. The fourth-order valence-electron chi connectivity index (χ4n) is 3.65. The number of carbonyl (C=O) groups is 2. The molecule has 7 nitrogen and oxygen atoms in total. The zero-order chi connectivity index (χ0) is 21.1. The Morgan fingerprint density at radius 2 is 2.10 bits per heavy atom. The Bertz CT molecular complexity index is 1120. The number of H-pyrrole nitrogens is 1. The van der Waals surface area contributed by atoms with Gasteiger partial charge in [-0.05, 0) is 42.8 Å². The van der Waals surface area contributed by atoms with Crippen molar-refractivity contribution in [2.45, 2.75) is 13.0 Å². The second kappa shape index (κ2) is 9.76. The van der Waals surface area contributed by atoms with Gasteiger partial charge in [-0.15, -0.1) is 12.4 Å². The van der Waals surface area contributed by atoms with E-state index in [9.17, 15) is 9.59 Å². The lowest BCUT2D eigenvalue weighted by molar-refractivity contribution is -0.124. The minimum Gasteiger partial charge on any atom is -0.361 e. The third kappa shape index (κ3) is 5.31. The normalized spacial score (nSPS) is 14.1. The molecule has 2 aromatic heterocycles. The van der Waals surface area contributed by atoms with Gasteiger partial charge in [-0.25, -0.2) is 4.98 Å². The Balaban J connectivity index is 0.00000272. The maximum atomic E-state index is 12.5. The van der Waals surface area contributed by atoms with E-state index in [1.165, 1.54) is 10.9 Å². The van der Waals surface area contributed by atoms with Gasteiger partial charge in [-0.1, -0.05) is 18.2 Å². The molecule has 0 saturated heterocycles. The number of amides is 2. The molecule has 0 saturated carbocycles. The standard InChI is InChI=1S/C23H25N5O2.ClH/c1-27-14-18-11-16(12-25-23(18)26-21(29)15-27)7-8-22(30)28(2)10-9-17-13-24-20-6-4-3-5-19(17)20;/h3-8,11-13,24H,9-10,14-15H2,1-2H3,(H,25,26,29);1H/b8-7+;. The molecule has 3 aromatic rings. The van der Waals surface area contributed by atoms with Crippen LogP contribution in [-0.2, 0) is 22.6 Å². The highest BCUT2D eigenvalue weighted by atomic mass is 35.5. The SMILES string of the molecule is CN1CC(=O)Nc2ncc(/C=C/C(=O)N(C)CCc3c[nH]c4ccccc34)cc2C1.Cl. The summed E-state index contributed by atoms with van der Waals surface area (Å²) in [6, 6.07) is 10.1. The van der Waals surface area contributed by atoms with Gasteiger partial charge in [0.1, 0.15) is 5.82 Å². The number of nitrogens with one attached hydrogen (secondary N) is 2. The number of hydrogen-bond acceptors (Lipinski definition) is 4. The molecule has 0 spiro atoms. The number of likely N-dealkylation sites (N-methyl/N-ethyl adjacent to an activating group) is 2. The van der Waals surface area contributed by atoms with Crippen molar-refractivity contribution < 1.29 is 9.59 Å². The van der Waals surface area contributed by atoms with Crippen LogP contribution in [0.15, 0.2) is 48.8 Å². The summed E-state index contributed by atoms with van der Waals surface area (Å²) >= 11 is 0. The van der Waals surface area contributed by atoms with Crippen LogP contribution < -0.4 is 5.32 Å². The quantitative estimate of drug-likeness (QED) is 0.598. The monoisotopic (exact) mass is 439 g/mol. The summed E-state index contributed by atoms with van der Waals surface area (Å²) in [4.78, 5) is 35.6. The van der Waals surface area contributed by atoms with Crippen molar-refractivity contribution in [2.75, 3.05) is 32.5 Å². The van der Waals surface area contributed by atoms with Gasteiger partial charge in [0.2, 0.25) is 11.8 Å². The Morgan fingerprint density at radius 1 is 1.29 bits per heavy atom. The summed E-state index contributed by atoms with van der Waals surface area (Å²) in [7, 11) is 3.70. The van der Waals surface area contributed by atoms with Crippen molar-refractivity contribution >= 4 is 47.0 Å². The second-order valence-corrected chi connectivity index (χ2v) is 7.70. The number of nitrogens with zero attached hydrogens (tertiary/aromatic N) is 3. The van der Waals surface area contributed by atoms with E-state index in [2.05, 4.69) is 21.4 Å². The largest absolute Gasteiger partial charge is 0.361 e. The number of para-hydroxylation sites is 1. The summed E-state index contributed by atoms with van der Waals surface area (Å²) in [5.74, 6) is 0.456. The van der Waals surface area contributed by atoms with Crippen LogP contribution >= 0.6 is 12.4 Å².